The molecule has 3 heterocycles. The quantitative estimate of drug-likeness (QED) is 0.897. The van der Waals surface area contributed by atoms with Gasteiger partial charge in [-0.2, -0.15) is 0 Å². The van der Waals surface area contributed by atoms with Gasteiger partial charge >= 0.3 is 0 Å². The third-order valence-corrected chi connectivity index (χ3v) is 4.86. The van der Waals surface area contributed by atoms with E-state index in [-0.39, 0.29) is 11.5 Å². The van der Waals surface area contributed by atoms with Crippen LogP contribution in [0.15, 0.2) is 16.7 Å². The van der Waals surface area contributed by atoms with Gasteiger partial charge in [0.05, 0.1) is 6.54 Å². The summed E-state index contributed by atoms with van der Waals surface area (Å²) < 4.78 is 0. The number of oxime groups is 1. The predicted octanol–water partition coefficient (Wildman–Crippen LogP) is 1.78. The summed E-state index contributed by atoms with van der Waals surface area (Å²) in [6.07, 6.45) is 5.38. The largest absolute Gasteiger partial charge is 0.387 e. The molecule has 1 N–H and O–H groups in total. The topological polar surface area (TPSA) is 66.8 Å². The van der Waals surface area contributed by atoms with E-state index in [1.54, 1.807) is 11.3 Å². The number of thiazole rings is 1. The van der Waals surface area contributed by atoms with Gasteiger partial charge in [0.1, 0.15) is 10.7 Å². The van der Waals surface area contributed by atoms with E-state index in [2.05, 4.69) is 20.4 Å². The molecule has 0 radical (unpaired) electrons. The van der Waals surface area contributed by atoms with Crippen LogP contribution >= 0.6 is 11.3 Å². The van der Waals surface area contributed by atoms with Gasteiger partial charge in [-0.1, -0.05) is 12.1 Å². The lowest BCUT2D eigenvalue weighted by Crippen LogP contribution is -2.48. The molecule has 6 nitrogen and oxygen atoms in total. The average Bonchev–Trinajstić information content (AvgIpc) is 3.15. The number of nitrogens with one attached hydrogen (secondary N) is 1. The summed E-state index contributed by atoms with van der Waals surface area (Å²) in [4.78, 5) is 24.4. The number of nitrogens with zero attached hydrogens (tertiary/aromatic N) is 3. The first kappa shape index (κ1) is 15.4. The molecule has 2 aliphatic heterocycles. The van der Waals surface area contributed by atoms with E-state index < -0.39 is 0 Å². The number of rotatable bonds is 5. The molecule has 3 rings (SSSR count). The summed E-state index contributed by atoms with van der Waals surface area (Å²) >= 11 is 1.68. The Labute approximate surface area is 134 Å². The first-order valence-electron chi connectivity index (χ1n) is 7.85. The van der Waals surface area contributed by atoms with Gasteiger partial charge in [-0.05, 0) is 25.8 Å². The molecule has 1 spiro atoms. The molecule has 1 amide bonds. The van der Waals surface area contributed by atoms with Crippen molar-refractivity contribution in [3.05, 3.63) is 16.6 Å². The number of carbonyl (C=O) groups excluding carboxylic acids is 1. The maximum absolute atomic E-state index is 12.0. The molecule has 1 saturated heterocycles. The standard InChI is InChI=1S/C15H22N4O2S/c1-2-5-17-14(20)12-9-15(21-18-12)4-3-7-19(11-15)10-13-16-6-8-22-13/h6,8H,2-5,7,9-11H2,1H3,(H,17,20)/t15-/m0/s1. The number of hydrogen-bond acceptors (Lipinski definition) is 6. The molecule has 0 aliphatic carbocycles. The van der Waals surface area contributed by atoms with E-state index in [4.69, 9.17) is 4.84 Å². The summed E-state index contributed by atoms with van der Waals surface area (Å²) in [6.45, 7) is 5.41. The van der Waals surface area contributed by atoms with Gasteiger partial charge < -0.3 is 10.2 Å². The second kappa shape index (κ2) is 6.75. The molecule has 1 aromatic rings. The van der Waals surface area contributed by atoms with Crippen LogP contribution in [0.25, 0.3) is 0 Å². The van der Waals surface area contributed by atoms with E-state index >= 15 is 0 Å². The highest BCUT2D eigenvalue weighted by atomic mass is 32.1. The highest BCUT2D eigenvalue weighted by molar-refractivity contribution is 7.09. The molecule has 1 atom stereocenters. The Bertz CT molecular complexity index is 546. The number of carbonyl (C=O) groups is 1. The molecular weight excluding hydrogens is 300 g/mol. The summed E-state index contributed by atoms with van der Waals surface area (Å²) in [5.74, 6) is -0.0872. The van der Waals surface area contributed by atoms with E-state index in [0.29, 0.717) is 18.7 Å². The van der Waals surface area contributed by atoms with Crippen molar-refractivity contribution >= 4 is 23.0 Å². The fourth-order valence-electron chi connectivity index (χ4n) is 3.05. The Morgan fingerprint density at radius 3 is 3.27 bits per heavy atom. The minimum Gasteiger partial charge on any atom is -0.387 e. The lowest BCUT2D eigenvalue weighted by molar-refractivity contribution is -0.114. The first-order valence-corrected chi connectivity index (χ1v) is 8.73. The molecule has 2 aliphatic rings. The summed E-state index contributed by atoms with van der Waals surface area (Å²) in [6, 6.07) is 0. The van der Waals surface area contributed by atoms with Gasteiger partial charge in [0.25, 0.3) is 5.91 Å². The summed E-state index contributed by atoms with van der Waals surface area (Å²) in [5, 5.41) is 10.1. The number of piperidine rings is 1. The molecule has 0 saturated carbocycles. The van der Waals surface area contributed by atoms with Gasteiger partial charge in [-0.15, -0.1) is 11.3 Å². The van der Waals surface area contributed by atoms with Crippen molar-refractivity contribution in [2.24, 2.45) is 5.16 Å². The van der Waals surface area contributed by atoms with Crippen LogP contribution in [0.3, 0.4) is 0 Å². The van der Waals surface area contributed by atoms with Crippen molar-refractivity contribution in [2.45, 2.75) is 44.8 Å². The van der Waals surface area contributed by atoms with Gasteiger partial charge in [0.15, 0.2) is 5.60 Å². The molecule has 120 valence electrons. The highest BCUT2D eigenvalue weighted by Crippen LogP contribution is 2.34. The van der Waals surface area contributed by atoms with Crippen molar-refractivity contribution in [2.75, 3.05) is 19.6 Å². The van der Waals surface area contributed by atoms with E-state index in [9.17, 15) is 4.79 Å². The number of amides is 1. The number of aromatic nitrogens is 1. The van der Waals surface area contributed by atoms with Crippen molar-refractivity contribution in [1.82, 2.24) is 15.2 Å². The Morgan fingerprint density at radius 1 is 1.59 bits per heavy atom. The maximum Gasteiger partial charge on any atom is 0.269 e. The minimum absolute atomic E-state index is 0.0872. The van der Waals surface area contributed by atoms with Gasteiger partial charge in [0.2, 0.25) is 0 Å². The fourth-order valence-corrected chi connectivity index (χ4v) is 3.71. The predicted molar refractivity (Wildman–Crippen MR) is 85.8 cm³/mol. The van der Waals surface area contributed by atoms with E-state index in [0.717, 1.165) is 43.9 Å². The van der Waals surface area contributed by atoms with Crippen LogP contribution in [0.4, 0.5) is 0 Å². The smallest absolute Gasteiger partial charge is 0.269 e. The third-order valence-electron chi connectivity index (χ3n) is 4.10. The van der Waals surface area contributed by atoms with E-state index in [1.165, 1.54) is 0 Å². The second-order valence-electron chi connectivity index (χ2n) is 5.99. The van der Waals surface area contributed by atoms with Gasteiger partial charge in [0, 0.05) is 31.1 Å². The Balaban J connectivity index is 1.57. The third kappa shape index (κ3) is 3.47. The molecule has 0 aromatic carbocycles. The average molecular weight is 322 g/mol. The first-order chi connectivity index (χ1) is 10.7. The van der Waals surface area contributed by atoms with Crippen molar-refractivity contribution < 1.29 is 9.63 Å². The van der Waals surface area contributed by atoms with Crippen LogP contribution in [0, 0.1) is 0 Å². The maximum atomic E-state index is 12.0. The monoisotopic (exact) mass is 322 g/mol. The lowest BCUT2D eigenvalue weighted by atomic mass is 9.88. The molecule has 7 heteroatoms. The summed E-state index contributed by atoms with van der Waals surface area (Å²) in [7, 11) is 0. The Morgan fingerprint density at radius 2 is 2.50 bits per heavy atom. The van der Waals surface area contributed by atoms with Crippen LogP contribution in [0.2, 0.25) is 0 Å². The molecule has 1 aromatic heterocycles. The molecule has 0 unspecified atom stereocenters. The number of hydrogen-bond donors (Lipinski definition) is 1. The van der Waals surface area contributed by atoms with Crippen LogP contribution < -0.4 is 5.32 Å². The van der Waals surface area contributed by atoms with Crippen molar-refractivity contribution in [3.63, 3.8) is 0 Å². The molecule has 0 bridgehead atoms. The van der Waals surface area contributed by atoms with Gasteiger partial charge in [-0.3, -0.25) is 9.69 Å². The number of likely N-dealkylation sites (tertiary alicyclic amines) is 1. The molecular formula is C15H22N4O2S. The van der Waals surface area contributed by atoms with Gasteiger partial charge in [-0.25, -0.2) is 4.98 Å². The van der Waals surface area contributed by atoms with Crippen LogP contribution in [0.1, 0.15) is 37.6 Å². The van der Waals surface area contributed by atoms with E-state index in [1.807, 2.05) is 18.5 Å². The van der Waals surface area contributed by atoms with Crippen LogP contribution in [0.5, 0.6) is 0 Å². The molecule has 22 heavy (non-hydrogen) atoms. The molecule has 1 fully saturated rings. The minimum atomic E-state index is -0.325. The Kier molecular flexibility index (Phi) is 4.73. The van der Waals surface area contributed by atoms with Crippen LogP contribution in [-0.4, -0.2) is 46.7 Å². The lowest BCUT2D eigenvalue weighted by Gasteiger charge is -2.37. The van der Waals surface area contributed by atoms with Crippen LogP contribution in [-0.2, 0) is 16.2 Å². The highest BCUT2D eigenvalue weighted by Gasteiger charge is 2.44. The Hall–Kier alpha value is -1.47. The SMILES string of the molecule is CCCNC(=O)C1=NO[C@@]2(CCCN(Cc3nccs3)C2)C1. The second-order valence-corrected chi connectivity index (χ2v) is 6.96. The van der Waals surface area contributed by atoms with Crippen molar-refractivity contribution in [3.8, 4) is 0 Å². The zero-order valence-corrected chi connectivity index (χ0v) is 13.7. The van der Waals surface area contributed by atoms with Crippen molar-refractivity contribution in [1.29, 1.82) is 0 Å². The normalized spacial score (nSPS) is 25.0. The zero-order valence-electron chi connectivity index (χ0n) is 12.9. The summed E-state index contributed by atoms with van der Waals surface area (Å²) in [5.41, 5.74) is 0.207. The fraction of sp³-hybridized carbons (Fsp3) is 0.667. The zero-order chi connectivity index (χ0) is 15.4.